The molecule has 0 saturated carbocycles. The number of ether oxygens (including phenoxy) is 2. The first-order valence-corrected chi connectivity index (χ1v) is 5.58. The lowest BCUT2D eigenvalue weighted by molar-refractivity contribution is 0.00645. The van der Waals surface area contributed by atoms with Gasteiger partial charge in [-0.15, -0.1) is 0 Å². The van der Waals surface area contributed by atoms with Gasteiger partial charge in [0.1, 0.15) is 19.5 Å². The van der Waals surface area contributed by atoms with Crippen LogP contribution in [-0.4, -0.2) is 31.3 Å². The van der Waals surface area contributed by atoms with E-state index >= 15 is 0 Å². The van der Waals surface area contributed by atoms with Crippen molar-refractivity contribution >= 4 is 17.3 Å². The highest BCUT2D eigenvalue weighted by Crippen LogP contribution is 2.15. The van der Waals surface area contributed by atoms with Crippen LogP contribution in [0.15, 0.2) is 28.4 Å². The summed E-state index contributed by atoms with van der Waals surface area (Å²) in [4.78, 5) is 5.22. The summed E-state index contributed by atoms with van der Waals surface area (Å²) >= 11 is 5.87. The summed E-state index contributed by atoms with van der Waals surface area (Å²) in [6.45, 7) is 2.69. The molecule has 1 saturated heterocycles. The van der Waals surface area contributed by atoms with Gasteiger partial charge in [0.05, 0.1) is 11.8 Å². The van der Waals surface area contributed by atoms with E-state index in [1.807, 2.05) is 25.2 Å². The number of rotatable bonds is 3. The summed E-state index contributed by atoms with van der Waals surface area (Å²) in [6.07, 6.45) is 6.22. The molecule has 0 bridgehead atoms. The van der Waals surface area contributed by atoms with E-state index in [0.29, 0.717) is 19.8 Å². The van der Waals surface area contributed by atoms with Crippen molar-refractivity contribution < 1.29 is 14.3 Å². The van der Waals surface area contributed by atoms with Crippen LogP contribution in [0, 0.1) is 0 Å². The second-order valence-corrected chi connectivity index (χ2v) is 4.21. The van der Waals surface area contributed by atoms with Crippen molar-refractivity contribution in [1.29, 1.82) is 0 Å². The fourth-order valence-electron chi connectivity index (χ4n) is 1.47. The molecule has 2 aliphatic rings. The van der Waals surface area contributed by atoms with Crippen LogP contribution in [0.4, 0.5) is 0 Å². The van der Waals surface area contributed by atoms with E-state index in [-0.39, 0.29) is 12.2 Å². The van der Waals surface area contributed by atoms with Crippen molar-refractivity contribution in [3.63, 3.8) is 0 Å². The van der Waals surface area contributed by atoms with Crippen LogP contribution >= 0.6 is 11.6 Å². The van der Waals surface area contributed by atoms with Gasteiger partial charge in [-0.1, -0.05) is 22.8 Å². The van der Waals surface area contributed by atoms with E-state index < -0.39 is 0 Å². The highest BCUT2D eigenvalue weighted by atomic mass is 35.5. The maximum atomic E-state index is 5.87. The van der Waals surface area contributed by atoms with Gasteiger partial charge < -0.3 is 14.3 Å². The summed E-state index contributed by atoms with van der Waals surface area (Å²) in [5, 5.41) is 4.76. The van der Waals surface area contributed by atoms with Gasteiger partial charge in [0.2, 0.25) is 0 Å². The highest BCUT2D eigenvalue weighted by Gasteiger charge is 2.25. The SMILES string of the molecule is CC1OCOC1CON=C1C=CC=C(Cl)C1. The molecule has 0 N–H and O–H groups in total. The Balaban J connectivity index is 1.77. The normalized spacial score (nSPS) is 31.9. The zero-order valence-electron chi connectivity index (χ0n) is 9.06. The Morgan fingerprint density at radius 3 is 3.12 bits per heavy atom. The number of nitrogens with zero attached hydrogens (tertiary/aromatic N) is 1. The largest absolute Gasteiger partial charge is 0.393 e. The molecule has 2 unspecified atom stereocenters. The van der Waals surface area contributed by atoms with E-state index in [0.717, 1.165) is 10.7 Å². The summed E-state index contributed by atoms with van der Waals surface area (Å²) in [5.41, 5.74) is 0.819. The second-order valence-electron chi connectivity index (χ2n) is 3.72. The zero-order valence-corrected chi connectivity index (χ0v) is 9.81. The number of hydrogen-bond acceptors (Lipinski definition) is 4. The topological polar surface area (TPSA) is 40.0 Å². The smallest absolute Gasteiger partial charge is 0.147 e. The molecule has 2 rings (SSSR count). The zero-order chi connectivity index (χ0) is 11.4. The molecule has 4 nitrogen and oxygen atoms in total. The van der Waals surface area contributed by atoms with Gasteiger partial charge in [-0.3, -0.25) is 0 Å². The predicted molar refractivity (Wildman–Crippen MR) is 61.4 cm³/mol. The van der Waals surface area contributed by atoms with E-state index in [1.54, 1.807) is 0 Å². The van der Waals surface area contributed by atoms with E-state index in [2.05, 4.69) is 5.16 Å². The lowest BCUT2D eigenvalue weighted by Gasteiger charge is -2.11. The minimum Gasteiger partial charge on any atom is -0.393 e. The van der Waals surface area contributed by atoms with Gasteiger partial charge in [-0.2, -0.15) is 0 Å². The molecule has 1 fully saturated rings. The van der Waals surface area contributed by atoms with E-state index in [1.165, 1.54) is 0 Å². The molecule has 0 aromatic carbocycles. The summed E-state index contributed by atoms with van der Waals surface area (Å²) in [6, 6.07) is 0. The first-order chi connectivity index (χ1) is 7.75. The molecule has 2 atom stereocenters. The van der Waals surface area contributed by atoms with Crippen LogP contribution in [0.5, 0.6) is 0 Å². The monoisotopic (exact) mass is 243 g/mol. The predicted octanol–water partition coefficient (Wildman–Crippen LogP) is 2.20. The van der Waals surface area contributed by atoms with E-state index in [4.69, 9.17) is 25.9 Å². The second kappa shape index (κ2) is 5.48. The maximum Gasteiger partial charge on any atom is 0.147 e. The molecule has 5 heteroatoms. The van der Waals surface area contributed by atoms with Gasteiger partial charge in [0.15, 0.2) is 0 Å². The Kier molecular flexibility index (Phi) is 3.98. The van der Waals surface area contributed by atoms with Crippen LogP contribution in [0.1, 0.15) is 13.3 Å². The average Bonchev–Trinajstić information content (AvgIpc) is 2.65. The van der Waals surface area contributed by atoms with Gasteiger partial charge in [0, 0.05) is 11.5 Å². The van der Waals surface area contributed by atoms with Crippen LogP contribution in [0.3, 0.4) is 0 Å². The lowest BCUT2D eigenvalue weighted by atomic mass is 10.1. The van der Waals surface area contributed by atoms with Crippen LogP contribution in [-0.2, 0) is 14.3 Å². The standard InChI is InChI=1S/C11H14ClNO3/c1-8-11(15-7-14-8)6-16-13-10-4-2-3-9(12)5-10/h2-4,8,11H,5-7H2,1H3. The van der Waals surface area contributed by atoms with Gasteiger partial charge in [-0.05, 0) is 19.1 Å². The summed E-state index contributed by atoms with van der Waals surface area (Å²) < 4.78 is 10.5. The fraction of sp³-hybridized carbons (Fsp3) is 0.545. The summed E-state index contributed by atoms with van der Waals surface area (Å²) in [7, 11) is 0. The highest BCUT2D eigenvalue weighted by molar-refractivity contribution is 6.32. The van der Waals surface area contributed by atoms with Crippen LogP contribution in [0.25, 0.3) is 0 Å². The molecule has 0 radical (unpaired) electrons. The summed E-state index contributed by atoms with van der Waals surface area (Å²) in [5.74, 6) is 0. The molecule has 0 amide bonds. The van der Waals surface area contributed by atoms with Crippen molar-refractivity contribution in [3.8, 4) is 0 Å². The Morgan fingerprint density at radius 1 is 1.56 bits per heavy atom. The van der Waals surface area contributed by atoms with Gasteiger partial charge in [0.25, 0.3) is 0 Å². The Labute approximate surface area is 99.5 Å². The van der Waals surface area contributed by atoms with Crippen molar-refractivity contribution in [2.45, 2.75) is 25.6 Å². The number of hydrogen-bond donors (Lipinski definition) is 0. The minimum absolute atomic E-state index is 0.0389. The fourth-order valence-corrected chi connectivity index (χ4v) is 1.68. The molecule has 1 aliphatic heterocycles. The molecular formula is C11H14ClNO3. The molecule has 88 valence electrons. The molecule has 16 heavy (non-hydrogen) atoms. The quantitative estimate of drug-likeness (QED) is 0.714. The molecule has 1 heterocycles. The van der Waals surface area contributed by atoms with Crippen molar-refractivity contribution in [1.82, 2.24) is 0 Å². The minimum atomic E-state index is -0.0389. The first kappa shape index (κ1) is 11.6. The molecular weight excluding hydrogens is 230 g/mol. The van der Waals surface area contributed by atoms with Crippen molar-refractivity contribution in [2.24, 2.45) is 5.16 Å². The molecule has 0 aromatic heterocycles. The number of oxime groups is 1. The Morgan fingerprint density at radius 2 is 2.44 bits per heavy atom. The first-order valence-electron chi connectivity index (χ1n) is 5.20. The lowest BCUT2D eigenvalue weighted by Crippen LogP contribution is -2.24. The molecule has 1 aliphatic carbocycles. The van der Waals surface area contributed by atoms with Crippen molar-refractivity contribution in [3.05, 3.63) is 23.3 Å². The third kappa shape index (κ3) is 3.07. The maximum absolute atomic E-state index is 5.87. The van der Waals surface area contributed by atoms with Crippen molar-refractivity contribution in [2.75, 3.05) is 13.4 Å². The molecule has 0 aromatic rings. The average molecular weight is 244 g/mol. The van der Waals surface area contributed by atoms with Crippen LogP contribution in [0.2, 0.25) is 0 Å². The van der Waals surface area contributed by atoms with Crippen LogP contribution < -0.4 is 0 Å². The number of halogens is 1. The Hall–Kier alpha value is -0.840. The third-order valence-electron chi connectivity index (χ3n) is 2.47. The third-order valence-corrected chi connectivity index (χ3v) is 2.73. The Bertz CT molecular complexity index is 338. The number of allylic oxidation sites excluding steroid dienone is 4. The van der Waals surface area contributed by atoms with Gasteiger partial charge in [-0.25, -0.2) is 0 Å². The van der Waals surface area contributed by atoms with Gasteiger partial charge >= 0.3 is 0 Å². The molecule has 0 spiro atoms. The van der Waals surface area contributed by atoms with E-state index in [9.17, 15) is 0 Å².